The molecule has 142 valence electrons. The van der Waals surface area contributed by atoms with Gasteiger partial charge in [-0.15, -0.1) is 0 Å². The number of rotatable bonds is 6. The van der Waals surface area contributed by atoms with E-state index < -0.39 is 0 Å². The maximum absolute atomic E-state index is 6.05. The third kappa shape index (κ3) is 3.92. The zero-order chi connectivity index (χ0) is 19.5. The first-order valence-corrected chi connectivity index (χ1v) is 9.42. The summed E-state index contributed by atoms with van der Waals surface area (Å²) >= 11 is 6.05. The average molecular weight is 394 g/mol. The number of aromatic amines is 1. The van der Waals surface area contributed by atoms with E-state index in [2.05, 4.69) is 25.5 Å². The second-order valence-corrected chi connectivity index (χ2v) is 7.22. The van der Waals surface area contributed by atoms with Gasteiger partial charge in [0.25, 0.3) is 6.01 Å². The minimum atomic E-state index is 0.252. The SMILES string of the molecule is CC(C)Nc1nc(Cc2[nH]nc(-c3ccc(Cl)cc3)c2-c2ccncc2)co1. The van der Waals surface area contributed by atoms with Crippen LogP contribution >= 0.6 is 11.6 Å². The van der Waals surface area contributed by atoms with Crippen molar-refractivity contribution in [2.45, 2.75) is 26.3 Å². The Balaban J connectivity index is 1.73. The van der Waals surface area contributed by atoms with Gasteiger partial charge in [0.15, 0.2) is 0 Å². The molecule has 0 spiro atoms. The minimum Gasteiger partial charge on any atom is -0.432 e. The molecule has 1 aromatic carbocycles. The third-order valence-electron chi connectivity index (χ3n) is 4.25. The quantitative estimate of drug-likeness (QED) is 0.471. The van der Waals surface area contributed by atoms with Gasteiger partial charge in [-0.2, -0.15) is 10.1 Å². The number of hydrogen-bond acceptors (Lipinski definition) is 5. The summed E-state index contributed by atoms with van der Waals surface area (Å²) < 4.78 is 5.52. The molecule has 0 saturated heterocycles. The molecule has 0 aliphatic heterocycles. The minimum absolute atomic E-state index is 0.252. The molecular weight excluding hydrogens is 374 g/mol. The van der Waals surface area contributed by atoms with Crippen LogP contribution in [0.25, 0.3) is 22.4 Å². The van der Waals surface area contributed by atoms with Crippen molar-refractivity contribution in [2.24, 2.45) is 0 Å². The lowest BCUT2D eigenvalue weighted by molar-refractivity contribution is 0.563. The molecule has 0 bridgehead atoms. The van der Waals surface area contributed by atoms with Gasteiger partial charge in [-0.25, -0.2) is 0 Å². The summed E-state index contributed by atoms with van der Waals surface area (Å²) in [5.74, 6) is 0. The monoisotopic (exact) mass is 393 g/mol. The molecule has 0 radical (unpaired) electrons. The predicted octanol–water partition coefficient (Wildman–Crippen LogP) is 5.19. The van der Waals surface area contributed by atoms with Gasteiger partial charge in [0.2, 0.25) is 0 Å². The Morgan fingerprint density at radius 1 is 1.07 bits per heavy atom. The summed E-state index contributed by atoms with van der Waals surface area (Å²) in [4.78, 5) is 8.65. The van der Waals surface area contributed by atoms with Gasteiger partial charge < -0.3 is 9.73 Å². The van der Waals surface area contributed by atoms with Gasteiger partial charge in [-0.1, -0.05) is 23.7 Å². The highest BCUT2D eigenvalue weighted by Gasteiger charge is 2.18. The highest BCUT2D eigenvalue weighted by Crippen LogP contribution is 2.34. The number of H-pyrrole nitrogens is 1. The first-order valence-electron chi connectivity index (χ1n) is 9.04. The maximum atomic E-state index is 6.05. The fraction of sp³-hybridized carbons (Fsp3) is 0.190. The largest absolute Gasteiger partial charge is 0.432 e. The van der Waals surface area contributed by atoms with E-state index >= 15 is 0 Å². The maximum Gasteiger partial charge on any atom is 0.294 e. The van der Waals surface area contributed by atoms with E-state index in [1.165, 1.54) is 0 Å². The molecule has 3 heterocycles. The summed E-state index contributed by atoms with van der Waals surface area (Å²) in [5, 5.41) is 11.6. The number of aromatic nitrogens is 4. The van der Waals surface area contributed by atoms with Crippen LogP contribution in [0.1, 0.15) is 25.2 Å². The van der Waals surface area contributed by atoms with E-state index in [9.17, 15) is 0 Å². The smallest absolute Gasteiger partial charge is 0.294 e. The Kier molecular flexibility index (Phi) is 5.12. The highest BCUT2D eigenvalue weighted by molar-refractivity contribution is 6.30. The van der Waals surface area contributed by atoms with Gasteiger partial charge >= 0.3 is 0 Å². The van der Waals surface area contributed by atoms with Crippen LogP contribution in [-0.4, -0.2) is 26.2 Å². The second kappa shape index (κ2) is 7.86. The standard InChI is InChI=1S/C21H20ClN5O/c1-13(2)24-21-25-17(12-28-21)11-18-19(14-7-9-23-10-8-14)20(27-26-18)15-3-5-16(22)6-4-15/h3-10,12-13H,11H2,1-2H3,(H,24,25)(H,26,27). The average Bonchev–Trinajstić information content (AvgIpc) is 3.30. The molecule has 0 unspecified atom stereocenters. The lowest BCUT2D eigenvalue weighted by atomic mass is 9.98. The third-order valence-corrected chi connectivity index (χ3v) is 4.50. The van der Waals surface area contributed by atoms with Crippen molar-refractivity contribution in [3.05, 3.63) is 71.5 Å². The first-order chi connectivity index (χ1) is 13.6. The highest BCUT2D eigenvalue weighted by atomic mass is 35.5. The molecule has 0 aliphatic rings. The van der Waals surface area contributed by atoms with Crippen LogP contribution in [0, 0.1) is 0 Å². The molecule has 6 nitrogen and oxygen atoms in total. The molecule has 4 aromatic rings. The number of anilines is 1. The van der Waals surface area contributed by atoms with E-state index in [1.54, 1.807) is 18.7 Å². The van der Waals surface area contributed by atoms with Crippen LogP contribution in [0.4, 0.5) is 6.01 Å². The van der Waals surface area contributed by atoms with Crippen molar-refractivity contribution in [3.63, 3.8) is 0 Å². The molecule has 4 rings (SSSR count). The van der Waals surface area contributed by atoms with Crippen LogP contribution in [0.3, 0.4) is 0 Å². The summed E-state index contributed by atoms with van der Waals surface area (Å²) in [5.41, 5.74) is 5.69. The van der Waals surface area contributed by atoms with E-state index in [1.807, 2.05) is 50.2 Å². The van der Waals surface area contributed by atoms with Crippen LogP contribution in [-0.2, 0) is 6.42 Å². The van der Waals surface area contributed by atoms with Crippen LogP contribution in [0.2, 0.25) is 5.02 Å². The number of benzene rings is 1. The predicted molar refractivity (Wildman–Crippen MR) is 110 cm³/mol. The number of hydrogen-bond donors (Lipinski definition) is 2. The fourth-order valence-electron chi connectivity index (χ4n) is 3.03. The lowest BCUT2D eigenvalue weighted by Gasteiger charge is -2.06. The van der Waals surface area contributed by atoms with Crippen molar-refractivity contribution in [2.75, 3.05) is 5.32 Å². The van der Waals surface area contributed by atoms with E-state index in [4.69, 9.17) is 16.0 Å². The van der Waals surface area contributed by atoms with Gasteiger partial charge in [0, 0.05) is 46.7 Å². The molecule has 0 fully saturated rings. The topological polar surface area (TPSA) is 79.6 Å². The molecular formula is C21H20ClN5O. The van der Waals surface area contributed by atoms with E-state index in [0.29, 0.717) is 17.5 Å². The zero-order valence-corrected chi connectivity index (χ0v) is 16.4. The van der Waals surface area contributed by atoms with E-state index in [0.717, 1.165) is 33.8 Å². The Bertz CT molecular complexity index is 1050. The number of nitrogens with one attached hydrogen (secondary N) is 2. The number of pyridine rings is 1. The van der Waals surface area contributed by atoms with Crippen molar-refractivity contribution in [1.82, 2.24) is 20.2 Å². The van der Waals surface area contributed by atoms with Crippen molar-refractivity contribution >= 4 is 17.6 Å². The zero-order valence-electron chi connectivity index (χ0n) is 15.6. The summed E-state index contributed by atoms with van der Waals surface area (Å²) in [6.45, 7) is 4.08. The molecule has 0 amide bonds. The number of halogens is 1. The molecule has 3 aromatic heterocycles. The molecule has 0 aliphatic carbocycles. The molecule has 2 N–H and O–H groups in total. The number of nitrogens with zero attached hydrogens (tertiary/aromatic N) is 3. The lowest BCUT2D eigenvalue weighted by Crippen LogP contribution is -2.09. The van der Waals surface area contributed by atoms with Gasteiger partial charge in [-0.05, 0) is 43.7 Å². The Labute approximate surface area is 168 Å². The van der Waals surface area contributed by atoms with Gasteiger partial charge in [0.05, 0.1) is 5.69 Å². The number of oxazole rings is 1. The van der Waals surface area contributed by atoms with Crippen LogP contribution in [0.15, 0.2) is 59.5 Å². The molecule has 28 heavy (non-hydrogen) atoms. The first kappa shape index (κ1) is 18.3. The second-order valence-electron chi connectivity index (χ2n) is 6.79. The van der Waals surface area contributed by atoms with Crippen LogP contribution < -0.4 is 5.32 Å². The van der Waals surface area contributed by atoms with Crippen molar-refractivity contribution in [3.8, 4) is 22.4 Å². The van der Waals surface area contributed by atoms with E-state index in [-0.39, 0.29) is 6.04 Å². The van der Waals surface area contributed by atoms with Gasteiger partial charge in [0.1, 0.15) is 12.0 Å². The van der Waals surface area contributed by atoms with Crippen LogP contribution in [0.5, 0.6) is 0 Å². The summed E-state index contributed by atoms with van der Waals surface area (Å²) in [7, 11) is 0. The van der Waals surface area contributed by atoms with Crippen molar-refractivity contribution in [1.29, 1.82) is 0 Å². The van der Waals surface area contributed by atoms with Crippen molar-refractivity contribution < 1.29 is 4.42 Å². The molecule has 0 atom stereocenters. The van der Waals surface area contributed by atoms with Gasteiger partial charge in [-0.3, -0.25) is 10.1 Å². The Morgan fingerprint density at radius 3 is 2.54 bits per heavy atom. The Morgan fingerprint density at radius 2 is 1.82 bits per heavy atom. The summed E-state index contributed by atoms with van der Waals surface area (Å²) in [6, 6.07) is 12.4. The Hall–Kier alpha value is -3.12. The summed E-state index contributed by atoms with van der Waals surface area (Å²) in [6.07, 6.45) is 5.79. The molecule has 0 saturated carbocycles. The molecule has 7 heteroatoms. The normalized spacial score (nSPS) is 11.1. The fourth-order valence-corrected chi connectivity index (χ4v) is 3.16.